The number of aliphatic imine (C=N–C) groups is 1. The first-order valence-corrected chi connectivity index (χ1v) is 10.6. The van der Waals surface area contributed by atoms with Gasteiger partial charge < -0.3 is 15.5 Å². The molecule has 0 spiro atoms. The summed E-state index contributed by atoms with van der Waals surface area (Å²) in [5, 5.41) is 8.77. The summed E-state index contributed by atoms with van der Waals surface area (Å²) >= 11 is 0. The number of amides is 3. The number of imide groups is 1. The molecule has 0 aromatic carbocycles. The van der Waals surface area contributed by atoms with Crippen molar-refractivity contribution in [1.82, 2.24) is 20.9 Å². The molecule has 3 rings (SSSR count). The van der Waals surface area contributed by atoms with Crippen molar-refractivity contribution in [2.24, 2.45) is 22.7 Å². The summed E-state index contributed by atoms with van der Waals surface area (Å²) in [6, 6.07) is -0.375. The molecule has 0 aromatic heterocycles. The van der Waals surface area contributed by atoms with E-state index in [2.05, 4.69) is 32.8 Å². The molecule has 2 saturated heterocycles. The van der Waals surface area contributed by atoms with Gasteiger partial charge in [0.1, 0.15) is 5.54 Å². The minimum Gasteiger partial charge on any atom is -0.356 e. The second-order valence-electron chi connectivity index (χ2n) is 8.60. The van der Waals surface area contributed by atoms with E-state index < -0.39 is 5.54 Å². The predicted octanol–water partition coefficient (Wildman–Crippen LogP) is 2.71. The molecule has 0 bridgehead atoms. The van der Waals surface area contributed by atoms with Crippen molar-refractivity contribution < 1.29 is 9.59 Å². The van der Waals surface area contributed by atoms with Gasteiger partial charge in [0.05, 0.1) is 0 Å². The van der Waals surface area contributed by atoms with Crippen LogP contribution in [0.3, 0.4) is 0 Å². The molecular formula is C20H36IN5O2. The summed E-state index contributed by atoms with van der Waals surface area (Å²) in [6.07, 6.45) is 8.40. The highest BCUT2D eigenvalue weighted by molar-refractivity contribution is 14.0. The highest BCUT2D eigenvalue weighted by Crippen LogP contribution is 2.31. The number of guanidine groups is 1. The van der Waals surface area contributed by atoms with Crippen molar-refractivity contribution in [2.75, 3.05) is 26.7 Å². The Hall–Kier alpha value is -1.06. The minimum absolute atomic E-state index is 0. The molecule has 3 N–H and O–H groups in total. The lowest BCUT2D eigenvalue weighted by Gasteiger charge is -2.40. The molecule has 2 heterocycles. The normalized spacial score (nSPS) is 31.8. The molecule has 1 saturated carbocycles. The monoisotopic (exact) mass is 505 g/mol. The van der Waals surface area contributed by atoms with E-state index in [1.54, 1.807) is 0 Å². The SMILES string of the molecule is CCC1CCC(CNC(=NC)N2CCC(C3(C)NC(=O)NC3=O)CC2)CC1.I. The fourth-order valence-corrected chi connectivity index (χ4v) is 4.92. The number of halogens is 1. The van der Waals surface area contributed by atoms with E-state index in [0.29, 0.717) is 0 Å². The van der Waals surface area contributed by atoms with Crippen LogP contribution in [0.4, 0.5) is 4.79 Å². The fourth-order valence-electron chi connectivity index (χ4n) is 4.92. The third-order valence-corrected chi connectivity index (χ3v) is 6.99. The molecule has 3 aliphatic rings. The van der Waals surface area contributed by atoms with Gasteiger partial charge in [-0.2, -0.15) is 0 Å². The van der Waals surface area contributed by atoms with Crippen molar-refractivity contribution in [3.8, 4) is 0 Å². The van der Waals surface area contributed by atoms with E-state index in [-0.39, 0.29) is 41.8 Å². The van der Waals surface area contributed by atoms with Crippen LogP contribution in [0.2, 0.25) is 0 Å². The summed E-state index contributed by atoms with van der Waals surface area (Å²) in [5.74, 6) is 2.60. The van der Waals surface area contributed by atoms with Crippen LogP contribution >= 0.6 is 24.0 Å². The molecule has 0 aromatic rings. The number of nitrogens with zero attached hydrogens (tertiary/aromatic N) is 2. The Labute approximate surface area is 185 Å². The predicted molar refractivity (Wildman–Crippen MR) is 122 cm³/mol. The molecule has 160 valence electrons. The highest BCUT2D eigenvalue weighted by atomic mass is 127. The van der Waals surface area contributed by atoms with Gasteiger partial charge in [0.25, 0.3) is 5.91 Å². The minimum atomic E-state index is -0.780. The summed E-state index contributed by atoms with van der Waals surface area (Å²) < 4.78 is 0. The number of carbonyl (C=O) groups is 2. The highest BCUT2D eigenvalue weighted by Gasteiger charge is 2.48. The van der Waals surface area contributed by atoms with Crippen molar-refractivity contribution >= 4 is 41.9 Å². The Morgan fingerprint density at radius 3 is 2.25 bits per heavy atom. The molecule has 7 nitrogen and oxygen atoms in total. The number of nitrogens with one attached hydrogen (secondary N) is 3. The maximum atomic E-state index is 12.2. The number of hydrogen-bond acceptors (Lipinski definition) is 3. The molecular weight excluding hydrogens is 469 g/mol. The Bertz CT molecular complexity index is 583. The first-order chi connectivity index (χ1) is 13.0. The van der Waals surface area contributed by atoms with Gasteiger partial charge >= 0.3 is 6.03 Å². The third kappa shape index (κ3) is 5.10. The fraction of sp³-hybridized carbons (Fsp3) is 0.850. The molecule has 3 fully saturated rings. The number of piperidine rings is 1. The zero-order chi connectivity index (χ0) is 19.4. The largest absolute Gasteiger partial charge is 0.356 e. The molecule has 3 amide bonds. The zero-order valence-corrected chi connectivity index (χ0v) is 19.8. The van der Waals surface area contributed by atoms with Gasteiger partial charge in [-0.3, -0.25) is 15.1 Å². The van der Waals surface area contributed by atoms with Gasteiger partial charge in [0, 0.05) is 26.7 Å². The van der Waals surface area contributed by atoms with Crippen LogP contribution in [0.1, 0.15) is 58.8 Å². The van der Waals surface area contributed by atoms with Crippen molar-refractivity contribution in [2.45, 2.75) is 64.3 Å². The van der Waals surface area contributed by atoms with Crippen LogP contribution in [0.25, 0.3) is 0 Å². The number of rotatable bonds is 4. The Morgan fingerprint density at radius 1 is 1.14 bits per heavy atom. The van der Waals surface area contributed by atoms with Crippen molar-refractivity contribution in [3.05, 3.63) is 0 Å². The lowest BCUT2D eigenvalue weighted by molar-refractivity contribution is -0.125. The Balaban J connectivity index is 0.00000280. The Morgan fingerprint density at radius 2 is 1.75 bits per heavy atom. The van der Waals surface area contributed by atoms with Gasteiger partial charge in [0.2, 0.25) is 0 Å². The van der Waals surface area contributed by atoms with Crippen molar-refractivity contribution in [3.63, 3.8) is 0 Å². The lowest BCUT2D eigenvalue weighted by atomic mass is 9.79. The van der Waals surface area contributed by atoms with Gasteiger partial charge in [-0.25, -0.2) is 4.79 Å². The van der Waals surface area contributed by atoms with E-state index in [1.165, 1.54) is 32.1 Å². The molecule has 1 aliphatic carbocycles. The Kier molecular flexibility index (Phi) is 8.39. The van der Waals surface area contributed by atoms with Crippen LogP contribution in [0.5, 0.6) is 0 Å². The van der Waals surface area contributed by atoms with Gasteiger partial charge in [-0.1, -0.05) is 26.2 Å². The lowest BCUT2D eigenvalue weighted by Crippen LogP contribution is -2.55. The van der Waals surface area contributed by atoms with Gasteiger partial charge in [-0.05, 0) is 50.4 Å². The van der Waals surface area contributed by atoms with Gasteiger partial charge in [-0.15, -0.1) is 24.0 Å². The average molecular weight is 505 g/mol. The van der Waals surface area contributed by atoms with E-state index >= 15 is 0 Å². The first kappa shape index (κ1) is 23.2. The second kappa shape index (κ2) is 10.1. The summed E-state index contributed by atoms with van der Waals surface area (Å²) in [5.41, 5.74) is -0.780. The van der Waals surface area contributed by atoms with Crippen LogP contribution in [-0.4, -0.2) is 55.0 Å². The number of hydrogen-bond donors (Lipinski definition) is 3. The van der Waals surface area contributed by atoms with E-state index in [9.17, 15) is 9.59 Å². The number of carbonyl (C=O) groups excluding carboxylic acids is 2. The summed E-state index contributed by atoms with van der Waals surface area (Å²) in [4.78, 5) is 30.4. The van der Waals surface area contributed by atoms with E-state index in [1.807, 2.05) is 14.0 Å². The number of likely N-dealkylation sites (tertiary alicyclic amines) is 1. The van der Waals surface area contributed by atoms with Crippen LogP contribution < -0.4 is 16.0 Å². The van der Waals surface area contributed by atoms with Gasteiger partial charge in [0.15, 0.2) is 5.96 Å². The van der Waals surface area contributed by atoms with Crippen LogP contribution in [-0.2, 0) is 4.79 Å². The molecule has 8 heteroatoms. The maximum Gasteiger partial charge on any atom is 0.322 e. The van der Waals surface area contributed by atoms with E-state index in [0.717, 1.165) is 50.3 Å². The molecule has 1 atom stereocenters. The summed E-state index contributed by atoms with van der Waals surface area (Å²) in [7, 11) is 1.84. The molecule has 28 heavy (non-hydrogen) atoms. The van der Waals surface area contributed by atoms with Crippen LogP contribution in [0.15, 0.2) is 4.99 Å². The maximum absolute atomic E-state index is 12.2. The topological polar surface area (TPSA) is 85.8 Å². The molecule has 0 radical (unpaired) electrons. The number of urea groups is 1. The summed E-state index contributed by atoms with van der Waals surface area (Å²) in [6.45, 7) is 6.85. The second-order valence-corrected chi connectivity index (χ2v) is 8.60. The zero-order valence-electron chi connectivity index (χ0n) is 17.4. The smallest absolute Gasteiger partial charge is 0.322 e. The van der Waals surface area contributed by atoms with E-state index in [4.69, 9.17) is 0 Å². The van der Waals surface area contributed by atoms with Crippen LogP contribution in [0, 0.1) is 17.8 Å². The quantitative estimate of drug-likeness (QED) is 0.238. The third-order valence-electron chi connectivity index (χ3n) is 6.99. The standard InChI is InChI=1S/C20H35N5O2.HI/c1-4-14-5-7-15(8-6-14)13-22-18(21-3)25-11-9-16(10-12-25)20(2)17(26)23-19(27)24-20;/h14-16H,4-13H2,1-3H3,(H,21,22)(H2,23,24,26,27);1H. The first-order valence-electron chi connectivity index (χ1n) is 10.6. The molecule has 2 aliphatic heterocycles. The van der Waals surface area contributed by atoms with Crippen molar-refractivity contribution in [1.29, 1.82) is 0 Å². The molecule has 1 unspecified atom stereocenters. The average Bonchev–Trinajstić information content (AvgIpc) is 2.96.